The van der Waals surface area contributed by atoms with Crippen molar-refractivity contribution in [1.82, 2.24) is 9.80 Å². The minimum Gasteiger partial charge on any atom is -0.469 e. The summed E-state index contributed by atoms with van der Waals surface area (Å²) in [5.41, 5.74) is 9.65. The standard InChI is InChI=1S/C27H37N3O2/c1-32-26(31)24-12-14-25(15-13-24)27(28)20-29(18-22-8-4-2-5-9-22)16-17-30(21-27)19-23-10-6-3-7-11-23/h2-11,24-25H,12-21,28H2,1H3. The molecule has 2 aromatic rings. The van der Waals surface area contributed by atoms with Gasteiger partial charge in [-0.2, -0.15) is 0 Å². The van der Waals surface area contributed by atoms with E-state index in [9.17, 15) is 4.79 Å². The second-order valence-electron chi connectivity index (χ2n) is 9.70. The zero-order valence-electron chi connectivity index (χ0n) is 19.3. The van der Waals surface area contributed by atoms with Crippen LogP contribution in [0.5, 0.6) is 0 Å². The molecule has 5 heteroatoms. The molecule has 0 unspecified atom stereocenters. The van der Waals surface area contributed by atoms with E-state index in [-0.39, 0.29) is 17.4 Å². The Morgan fingerprint density at radius 1 is 0.875 bits per heavy atom. The highest BCUT2D eigenvalue weighted by Crippen LogP contribution is 2.37. The van der Waals surface area contributed by atoms with Crippen molar-refractivity contribution < 1.29 is 9.53 Å². The lowest BCUT2D eigenvalue weighted by atomic mass is 9.71. The average Bonchev–Trinajstić information content (AvgIpc) is 2.99. The SMILES string of the molecule is COC(=O)C1CCC(C2(N)CN(Cc3ccccc3)CCN(Cc3ccccc3)C2)CC1. The topological polar surface area (TPSA) is 58.8 Å². The van der Waals surface area contributed by atoms with Crippen LogP contribution in [0.25, 0.3) is 0 Å². The quantitative estimate of drug-likeness (QED) is 0.702. The largest absolute Gasteiger partial charge is 0.469 e. The summed E-state index contributed by atoms with van der Waals surface area (Å²) in [5, 5.41) is 0. The van der Waals surface area contributed by atoms with E-state index in [4.69, 9.17) is 10.5 Å². The molecule has 0 radical (unpaired) electrons. The van der Waals surface area contributed by atoms with Crippen molar-refractivity contribution in [2.45, 2.75) is 44.3 Å². The van der Waals surface area contributed by atoms with Crippen LogP contribution in [-0.4, -0.2) is 54.6 Å². The molecule has 0 spiro atoms. The van der Waals surface area contributed by atoms with Crippen LogP contribution in [0.4, 0.5) is 0 Å². The normalized spacial score (nSPS) is 24.6. The van der Waals surface area contributed by atoms with Crippen LogP contribution in [0.15, 0.2) is 60.7 Å². The van der Waals surface area contributed by atoms with Gasteiger partial charge in [0.1, 0.15) is 0 Å². The lowest BCUT2D eigenvalue weighted by molar-refractivity contribution is -0.147. The number of hydrogen-bond acceptors (Lipinski definition) is 5. The third-order valence-corrected chi connectivity index (χ3v) is 7.34. The highest BCUT2D eigenvalue weighted by atomic mass is 16.5. The number of hydrogen-bond donors (Lipinski definition) is 1. The summed E-state index contributed by atoms with van der Waals surface area (Å²) in [6.45, 7) is 5.66. The number of esters is 1. The highest BCUT2D eigenvalue weighted by molar-refractivity contribution is 5.72. The lowest BCUT2D eigenvalue weighted by Gasteiger charge is -2.43. The lowest BCUT2D eigenvalue weighted by Crippen LogP contribution is -2.59. The van der Waals surface area contributed by atoms with Crippen molar-refractivity contribution in [3.8, 4) is 0 Å². The average molecular weight is 436 g/mol. The number of methoxy groups -OCH3 is 1. The third kappa shape index (κ3) is 5.77. The van der Waals surface area contributed by atoms with Crippen molar-refractivity contribution >= 4 is 5.97 Å². The van der Waals surface area contributed by atoms with Crippen LogP contribution in [0, 0.1) is 11.8 Å². The summed E-state index contributed by atoms with van der Waals surface area (Å²) in [5.74, 6) is 0.385. The second-order valence-corrected chi connectivity index (χ2v) is 9.70. The number of carbonyl (C=O) groups excluding carboxylic acids is 1. The van der Waals surface area contributed by atoms with Crippen molar-refractivity contribution in [1.29, 1.82) is 0 Å². The van der Waals surface area contributed by atoms with Gasteiger partial charge in [-0.15, -0.1) is 0 Å². The Labute approximate surface area is 192 Å². The molecule has 172 valence electrons. The fourth-order valence-corrected chi connectivity index (χ4v) is 5.61. The summed E-state index contributed by atoms with van der Waals surface area (Å²) in [6, 6.07) is 21.4. The van der Waals surface area contributed by atoms with Crippen molar-refractivity contribution in [3.63, 3.8) is 0 Å². The van der Waals surface area contributed by atoms with Gasteiger partial charge in [-0.1, -0.05) is 60.7 Å². The van der Waals surface area contributed by atoms with E-state index >= 15 is 0 Å². The maximum atomic E-state index is 12.0. The molecule has 5 nitrogen and oxygen atoms in total. The molecule has 2 aromatic carbocycles. The number of nitrogens with zero attached hydrogens (tertiary/aromatic N) is 2. The first-order chi connectivity index (χ1) is 15.6. The molecule has 32 heavy (non-hydrogen) atoms. The van der Waals surface area contributed by atoms with Crippen LogP contribution in [0.3, 0.4) is 0 Å². The van der Waals surface area contributed by atoms with E-state index in [1.807, 2.05) is 0 Å². The van der Waals surface area contributed by atoms with Gasteiger partial charge < -0.3 is 10.5 Å². The van der Waals surface area contributed by atoms with Gasteiger partial charge in [0.15, 0.2) is 0 Å². The van der Waals surface area contributed by atoms with Gasteiger partial charge in [-0.25, -0.2) is 0 Å². The molecule has 0 amide bonds. The van der Waals surface area contributed by atoms with Gasteiger partial charge in [-0.3, -0.25) is 14.6 Å². The van der Waals surface area contributed by atoms with Crippen LogP contribution in [0.2, 0.25) is 0 Å². The molecule has 1 saturated carbocycles. The number of nitrogens with two attached hydrogens (primary N) is 1. The zero-order valence-corrected chi connectivity index (χ0v) is 19.3. The molecule has 1 aliphatic carbocycles. The molecule has 0 atom stereocenters. The van der Waals surface area contributed by atoms with Crippen LogP contribution in [0.1, 0.15) is 36.8 Å². The van der Waals surface area contributed by atoms with Gasteiger partial charge in [0.05, 0.1) is 13.0 Å². The van der Waals surface area contributed by atoms with Crippen LogP contribution < -0.4 is 5.73 Å². The minimum absolute atomic E-state index is 0.0338. The molecule has 1 heterocycles. The predicted octanol–water partition coefficient (Wildman–Crippen LogP) is 3.68. The Morgan fingerprint density at radius 3 is 1.78 bits per heavy atom. The van der Waals surface area contributed by atoms with E-state index in [1.165, 1.54) is 18.2 Å². The minimum atomic E-state index is -0.291. The highest BCUT2D eigenvalue weighted by Gasteiger charge is 2.42. The third-order valence-electron chi connectivity index (χ3n) is 7.34. The van der Waals surface area contributed by atoms with Gasteiger partial charge in [0, 0.05) is 44.8 Å². The molecular weight excluding hydrogens is 398 g/mol. The molecule has 2 N–H and O–H groups in total. The second kappa shape index (κ2) is 10.6. The van der Waals surface area contributed by atoms with Gasteiger partial charge in [0.2, 0.25) is 0 Å². The van der Waals surface area contributed by atoms with E-state index in [2.05, 4.69) is 70.5 Å². The molecule has 2 aliphatic rings. The fraction of sp³-hybridized carbons (Fsp3) is 0.519. The monoisotopic (exact) mass is 435 g/mol. The van der Waals surface area contributed by atoms with Crippen molar-refractivity contribution in [3.05, 3.63) is 71.8 Å². The zero-order chi connectivity index (χ0) is 22.4. The van der Waals surface area contributed by atoms with Crippen LogP contribution in [-0.2, 0) is 22.6 Å². The summed E-state index contributed by atoms with van der Waals surface area (Å²) < 4.78 is 5.00. The smallest absolute Gasteiger partial charge is 0.308 e. The fourth-order valence-electron chi connectivity index (χ4n) is 5.61. The van der Waals surface area contributed by atoms with Gasteiger partial charge in [0.25, 0.3) is 0 Å². The summed E-state index contributed by atoms with van der Waals surface area (Å²) in [6.07, 6.45) is 3.75. The van der Waals surface area contributed by atoms with E-state index in [0.29, 0.717) is 5.92 Å². The first kappa shape index (κ1) is 23.0. The molecular formula is C27H37N3O2. The number of benzene rings is 2. The van der Waals surface area contributed by atoms with E-state index in [1.54, 1.807) is 0 Å². The summed E-state index contributed by atoms with van der Waals surface area (Å²) in [7, 11) is 1.49. The Kier molecular flexibility index (Phi) is 7.61. The molecule has 2 fully saturated rings. The Bertz CT molecular complexity index is 798. The van der Waals surface area contributed by atoms with Crippen molar-refractivity contribution in [2.24, 2.45) is 17.6 Å². The van der Waals surface area contributed by atoms with Crippen LogP contribution >= 0.6 is 0 Å². The van der Waals surface area contributed by atoms with Gasteiger partial charge in [-0.05, 0) is 42.7 Å². The Morgan fingerprint density at radius 2 is 1.34 bits per heavy atom. The van der Waals surface area contributed by atoms with E-state index in [0.717, 1.165) is 65.0 Å². The Hall–Kier alpha value is -2.21. The van der Waals surface area contributed by atoms with Crippen molar-refractivity contribution in [2.75, 3.05) is 33.3 Å². The molecule has 0 bridgehead atoms. The number of rotatable bonds is 6. The first-order valence-electron chi connectivity index (χ1n) is 11.9. The first-order valence-corrected chi connectivity index (χ1v) is 11.9. The molecule has 4 rings (SSSR count). The molecule has 1 aliphatic heterocycles. The summed E-state index contributed by atoms with van der Waals surface area (Å²) in [4.78, 5) is 17.1. The number of ether oxygens (including phenoxy) is 1. The maximum absolute atomic E-state index is 12.0. The Balaban J connectivity index is 1.50. The number of carbonyl (C=O) groups is 1. The van der Waals surface area contributed by atoms with Gasteiger partial charge >= 0.3 is 5.97 Å². The predicted molar refractivity (Wildman–Crippen MR) is 128 cm³/mol. The molecule has 1 saturated heterocycles. The molecule has 0 aromatic heterocycles. The van der Waals surface area contributed by atoms with E-state index < -0.39 is 0 Å². The summed E-state index contributed by atoms with van der Waals surface area (Å²) >= 11 is 0. The maximum Gasteiger partial charge on any atom is 0.308 e.